The van der Waals surface area contributed by atoms with Crippen molar-refractivity contribution in [1.29, 1.82) is 0 Å². The number of benzene rings is 2. The lowest BCUT2D eigenvalue weighted by atomic mass is 9.87. The first-order chi connectivity index (χ1) is 37.7. The van der Waals surface area contributed by atoms with Crippen LogP contribution in [-0.2, 0) is 60.7 Å². The maximum Gasteiger partial charge on any atom is 0.246 e. The van der Waals surface area contributed by atoms with Crippen molar-refractivity contribution >= 4 is 47.3 Å². The van der Waals surface area contributed by atoms with E-state index >= 15 is 0 Å². The maximum atomic E-state index is 14.4. The molecule has 0 unspecified atom stereocenters. The highest BCUT2D eigenvalue weighted by Crippen LogP contribution is 2.38. The zero-order valence-corrected chi connectivity index (χ0v) is 46.0. The van der Waals surface area contributed by atoms with Crippen molar-refractivity contribution in [1.82, 2.24) is 51.5 Å². The number of likely N-dealkylation sites (N-methyl/N-ethyl adjacent to an activating group) is 2. The Morgan fingerprint density at radius 2 is 0.936 bits per heavy atom. The van der Waals surface area contributed by atoms with Gasteiger partial charge < -0.3 is 61.0 Å². The number of piperazine rings is 1. The summed E-state index contributed by atoms with van der Waals surface area (Å²) in [4.78, 5) is 117. The lowest BCUT2D eigenvalue weighted by Crippen LogP contribution is -2.56. The third-order valence-corrected chi connectivity index (χ3v) is 17.4. The van der Waals surface area contributed by atoms with Crippen molar-refractivity contribution in [2.75, 3.05) is 66.6 Å². The van der Waals surface area contributed by atoms with Crippen LogP contribution in [0.2, 0.25) is 0 Å². The minimum absolute atomic E-state index is 0.0108. The lowest BCUT2D eigenvalue weighted by Gasteiger charge is -2.35. The number of hydrogen-bond acceptors (Lipinski definition) is 12. The smallest absolute Gasteiger partial charge is 0.246 e. The van der Waals surface area contributed by atoms with Gasteiger partial charge >= 0.3 is 0 Å². The van der Waals surface area contributed by atoms with E-state index in [0.29, 0.717) is 26.2 Å². The zero-order valence-electron chi connectivity index (χ0n) is 46.0. The molecule has 7 aliphatic rings. The first-order valence-corrected chi connectivity index (χ1v) is 28.8. The van der Waals surface area contributed by atoms with Gasteiger partial charge in [-0.25, -0.2) is 0 Å². The number of aryl methyl sites for hydroxylation is 2. The number of likely N-dealkylation sites (tertiary alicyclic amines) is 2. The molecule has 10 atom stereocenters. The molecule has 8 amide bonds. The van der Waals surface area contributed by atoms with Gasteiger partial charge in [-0.15, -0.1) is 0 Å². The van der Waals surface area contributed by atoms with E-state index in [1.54, 1.807) is 47.5 Å². The van der Waals surface area contributed by atoms with Crippen LogP contribution in [0.5, 0.6) is 0 Å². The summed E-state index contributed by atoms with van der Waals surface area (Å²) in [5.41, 5.74) is 4.59. The second kappa shape index (κ2) is 25.9. The van der Waals surface area contributed by atoms with Gasteiger partial charge in [0.2, 0.25) is 47.3 Å². The number of nitrogens with one attached hydrogen (secondary N) is 6. The Hall–Kier alpha value is -5.96. The second-order valence-corrected chi connectivity index (χ2v) is 22.7. The third-order valence-electron chi connectivity index (χ3n) is 17.4. The Labute approximate surface area is 458 Å². The van der Waals surface area contributed by atoms with Crippen LogP contribution in [0.15, 0.2) is 48.5 Å². The largest absolute Gasteiger partial charge is 0.376 e. The molecule has 6 N–H and O–H groups in total. The van der Waals surface area contributed by atoms with Crippen molar-refractivity contribution < 1.29 is 47.8 Å². The Morgan fingerprint density at radius 1 is 0.551 bits per heavy atom. The van der Waals surface area contributed by atoms with Gasteiger partial charge in [0.15, 0.2) is 0 Å². The average Bonchev–Trinajstić information content (AvgIpc) is 4.42. The van der Waals surface area contributed by atoms with Crippen molar-refractivity contribution in [2.24, 2.45) is 11.8 Å². The molecule has 0 bridgehead atoms. The molecule has 3 heterocycles. The number of nitrogens with zero attached hydrogens (tertiary/aromatic N) is 4. The normalized spacial score (nSPS) is 25.4. The summed E-state index contributed by atoms with van der Waals surface area (Å²) in [6.45, 7) is 5.32. The van der Waals surface area contributed by atoms with E-state index in [9.17, 15) is 38.4 Å². The van der Waals surface area contributed by atoms with E-state index in [1.165, 1.54) is 11.1 Å². The van der Waals surface area contributed by atoms with Gasteiger partial charge in [-0.05, 0) is 126 Å². The summed E-state index contributed by atoms with van der Waals surface area (Å²) < 4.78 is 12.6. The van der Waals surface area contributed by atoms with Crippen molar-refractivity contribution in [3.63, 3.8) is 0 Å². The molecule has 20 heteroatoms. The van der Waals surface area contributed by atoms with Crippen LogP contribution in [0.4, 0.5) is 0 Å². The third kappa shape index (κ3) is 13.7. The van der Waals surface area contributed by atoms with Gasteiger partial charge in [0, 0.05) is 52.1 Å². The molecule has 0 radical (unpaired) electrons. The fourth-order valence-electron chi connectivity index (χ4n) is 12.1. The molecule has 9 rings (SSSR count). The highest BCUT2D eigenvalue weighted by atomic mass is 16.5. The Bertz CT molecular complexity index is 2340. The minimum atomic E-state index is -0.813. The van der Waals surface area contributed by atoms with Crippen LogP contribution in [-0.4, -0.2) is 182 Å². The molecule has 3 saturated heterocycles. The van der Waals surface area contributed by atoms with Gasteiger partial charge in [-0.2, -0.15) is 0 Å². The van der Waals surface area contributed by atoms with Gasteiger partial charge in [0.1, 0.15) is 24.2 Å². The van der Waals surface area contributed by atoms with Gasteiger partial charge in [0.25, 0.3) is 0 Å². The standard InChI is InChI=1S/C58H82N10O10/c1-35(59-3)53(71)63-51(39-19-20-39)57(75)67-33-41(31-47(67)55(73)61-45-17-9-13-37-11-5-7-15-43(37)45)77-29-23-49(69)65-25-27-66(28-26-65)50(70)24-30-78-42-32-48(56(74)62-46-18-10-14-38-12-6-8-16-44(38)46)68(34-42)58(76)52(40-21-22-40)64-54(72)36(2)60-4/h5-8,11-12,15-16,35-36,39-42,45-48,51-52,59-60H,9-10,13-14,17-34H2,1-4H3,(H,61,73)(H,62,74)(H,63,71)(H,64,72)/t35-,36-,41-,42-,45+,46+,47-,48-,51-,52-/m0/s1. The number of hydrogen-bond donors (Lipinski definition) is 6. The molecule has 5 fully saturated rings. The van der Waals surface area contributed by atoms with Crippen molar-refractivity contribution in [3.05, 3.63) is 70.8 Å². The van der Waals surface area contributed by atoms with Crippen LogP contribution in [0.1, 0.15) is 125 Å². The Balaban J connectivity index is 0.751. The lowest BCUT2D eigenvalue weighted by molar-refractivity contribution is -0.142. The van der Waals surface area contributed by atoms with Crippen molar-refractivity contribution in [2.45, 2.75) is 164 Å². The van der Waals surface area contributed by atoms with Crippen LogP contribution in [0, 0.1) is 11.8 Å². The molecule has 2 saturated carbocycles. The molecule has 0 spiro atoms. The van der Waals surface area contributed by atoms with Crippen LogP contribution >= 0.6 is 0 Å². The van der Waals surface area contributed by atoms with Crippen molar-refractivity contribution in [3.8, 4) is 0 Å². The zero-order chi connectivity index (χ0) is 55.0. The number of carbonyl (C=O) groups excluding carboxylic acids is 8. The van der Waals surface area contributed by atoms with Gasteiger partial charge in [-0.1, -0.05) is 48.5 Å². The van der Waals surface area contributed by atoms with E-state index in [-0.39, 0.29) is 123 Å². The second-order valence-electron chi connectivity index (χ2n) is 22.7. The molecule has 424 valence electrons. The van der Waals surface area contributed by atoms with Crippen LogP contribution < -0.4 is 31.9 Å². The number of ether oxygens (including phenoxy) is 2. The van der Waals surface area contributed by atoms with E-state index in [0.717, 1.165) is 75.3 Å². The van der Waals surface area contributed by atoms with E-state index < -0.39 is 48.5 Å². The Kier molecular flexibility index (Phi) is 18.8. The molecule has 2 aromatic carbocycles. The monoisotopic (exact) mass is 1080 g/mol. The molecule has 0 aromatic heterocycles. The number of fused-ring (bicyclic) bond motifs is 2. The molecule has 78 heavy (non-hydrogen) atoms. The molecular weight excluding hydrogens is 997 g/mol. The van der Waals surface area contributed by atoms with E-state index in [4.69, 9.17) is 9.47 Å². The predicted octanol–water partition coefficient (Wildman–Crippen LogP) is 1.80. The van der Waals surface area contributed by atoms with E-state index in [2.05, 4.69) is 44.0 Å². The first kappa shape index (κ1) is 56.7. The predicted molar refractivity (Wildman–Crippen MR) is 289 cm³/mol. The van der Waals surface area contributed by atoms with Gasteiger partial charge in [0.05, 0.1) is 62.4 Å². The molecule has 20 nitrogen and oxygen atoms in total. The van der Waals surface area contributed by atoms with Crippen LogP contribution in [0.25, 0.3) is 0 Å². The highest BCUT2D eigenvalue weighted by molar-refractivity contribution is 5.95. The molecule has 4 aliphatic carbocycles. The molecular formula is C58H82N10O10. The summed E-state index contributed by atoms with van der Waals surface area (Å²) >= 11 is 0. The maximum absolute atomic E-state index is 14.4. The van der Waals surface area contributed by atoms with Crippen LogP contribution in [0.3, 0.4) is 0 Å². The molecule has 3 aliphatic heterocycles. The molecule has 2 aromatic rings. The minimum Gasteiger partial charge on any atom is -0.376 e. The Morgan fingerprint density at radius 3 is 1.31 bits per heavy atom. The summed E-state index contributed by atoms with van der Waals surface area (Å²) in [5, 5.41) is 18.3. The summed E-state index contributed by atoms with van der Waals surface area (Å²) in [7, 11) is 3.37. The summed E-state index contributed by atoms with van der Waals surface area (Å²) in [5.74, 6) is -1.95. The van der Waals surface area contributed by atoms with Gasteiger partial charge in [-0.3, -0.25) is 38.4 Å². The topological polar surface area (TPSA) is 240 Å². The quantitative estimate of drug-likeness (QED) is 0.0991. The number of carbonyl (C=O) groups is 8. The SMILES string of the molecule is CN[C@@H](C)C(=O)N[C@H](C(=O)N1C[C@@H](OCCC(=O)N2CCN(C(=O)CCO[C@H]3C[C@@H](C(=O)N[C@@H]4CCCc5ccccc54)N(C(=O)[C@@H](NC(=O)[C@H](C)NC)C4CC4)C3)CC2)C[C@H]1C(=O)N[C@@H]1CCCc2ccccc21)C1CC1. The first-order valence-electron chi connectivity index (χ1n) is 28.8. The highest BCUT2D eigenvalue weighted by Gasteiger charge is 2.49. The summed E-state index contributed by atoms with van der Waals surface area (Å²) in [6.07, 6.45) is 8.22. The summed E-state index contributed by atoms with van der Waals surface area (Å²) in [6, 6.07) is 11.7. The average molecular weight is 1080 g/mol. The van der Waals surface area contributed by atoms with E-state index in [1.807, 2.05) is 36.4 Å². The number of amides is 8. The fraction of sp³-hybridized carbons (Fsp3) is 0.655. The fourth-order valence-corrected chi connectivity index (χ4v) is 12.1. The number of rotatable bonds is 22.